The summed E-state index contributed by atoms with van der Waals surface area (Å²) < 4.78 is 29.3. The van der Waals surface area contributed by atoms with Gasteiger partial charge >= 0.3 is 10.1 Å². The van der Waals surface area contributed by atoms with Crippen LogP contribution in [0.3, 0.4) is 0 Å². The number of hydrogen-bond donors (Lipinski definition) is 2. The molecule has 76 valence electrons. The first kappa shape index (κ1) is 10.8. The van der Waals surface area contributed by atoms with Crippen molar-refractivity contribution >= 4 is 27.8 Å². The fraction of sp³-hybridized carbons (Fsp3) is 0.800. The van der Waals surface area contributed by atoms with Gasteiger partial charge in [0, 0.05) is 0 Å². The van der Waals surface area contributed by atoms with E-state index in [1.807, 2.05) is 0 Å². The van der Waals surface area contributed by atoms with Crippen molar-refractivity contribution in [3.8, 4) is 0 Å². The lowest BCUT2D eigenvalue weighted by molar-refractivity contribution is -0.119. The van der Waals surface area contributed by atoms with E-state index in [0.29, 0.717) is 0 Å². The second-order valence-electron chi connectivity index (χ2n) is 2.79. The van der Waals surface area contributed by atoms with Crippen molar-refractivity contribution in [2.75, 3.05) is 19.8 Å². The zero-order valence-electron chi connectivity index (χ0n) is 7.14. The quantitative estimate of drug-likeness (QED) is 0.582. The molecule has 8 heteroatoms. The molecular formula is C5H10N2O4S2. The molecule has 1 heterocycles. The summed E-state index contributed by atoms with van der Waals surface area (Å²) in [7, 11) is -1.41. The molecule has 0 aromatic carbocycles. The van der Waals surface area contributed by atoms with Crippen LogP contribution in [0.1, 0.15) is 0 Å². The number of hydrogen-bond acceptors (Lipinski definition) is 5. The van der Waals surface area contributed by atoms with Gasteiger partial charge in [0.15, 0.2) is 0 Å². The summed E-state index contributed by atoms with van der Waals surface area (Å²) in [5.74, 6) is -0.380. The van der Waals surface area contributed by atoms with Gasteiger partial charge < -0.3 is 5.32 Å². The maximum atomic E-state index is 11.0. The molecule has 0 aromatic heterocycles. The predicted molar refractivity (Wildman–Crippen MR) is 48.6 cm³/mol. The van der Waals surface area contributed by atoms with Crippen molar-refractivity contribution in [1.82, 2.24) is 10.2 Å². The Bertz CT molecular complexity index is 325. The highest BCUT2D eigenvalue weighted by molar-refractivity contribution is 8.13. The Hall–Kier alpha value is -0.310. The van der Waals surface area contributed by atoms with Gasteiger partial charge in [-0.2, -0.15) is 8.42 Å². The summed E-state index contributed by atoms with van der Waals surface area (Å²) in [5.41, 5.74) is 0. The van der Waals surface area contributed by atoms with E-state index in [1.54, 1.807) is 0 Å². The lowest BCUT2D eigenvalue weighted by atomic mass is 10.7. The molecular weight excluding hydrogens is 216 g/mol. The Morgan fingerprint density at radius 3 is 2.31 bits per heavy atom. The molecule has 1 aliphatic heterocycles. The third-order valence-electron chi connectivity index (χ3n) is 1.63. The molecule has 0 aromatic rings. The van der Waals surface area contributed by atoms with E-state index in [4.69, 9.17) is 4.55 Å². The van der Waals surface area contributed by atoms with Gasteiger partial charge in [0.25, 0.3) is 4.33 Å². The van der Waals surface area contributed by atoms with Crippen LogP contribution >= 0.6 is 11.8 Å². The Balaban J connectivity index is 3.12. The van der Waals surface area contributed by atoms with E-state index in [1.165, 1.54) is 19.0 Å². The molecule has 0 saturated carbocycles. The molecule has 13 heavy (non-hydrogen) atoms. The summed E-state index contributed by atoms with van der Waals surface area (Å²) in [4.78, 5) is 12.1. The van der Waals surface area contributed by atoms with E-state index < -0.39 is 20.4 Å². The minimum Gasteiger partial charge on any atom is -0.314 e. The van der Waals surface area contributed by atoms with Crippen LogP contribution < -0.4 is 5.32 Å². The van der Waals surface area contributed by atoms with Gasteiger partial charge in [-0.15, -0.1) is 0 Å². The van der Waals surface area contributed by atoms with E-state index in [0.717, 1.165) is 11.8 Å². The van der Waals surface area contributed by atoms with Crippen LogP contribution in [0.15, 0.2) is 0 Å². The van der Waals surface area contributed by atoms with Crippen molar-refractivity contribution in [2.24, 2.45) is 0 Å². The van der Waals surface area contributed by atoms with Crippen LogP contribution in [0.4, 0.5) is 0 Å². The highest BCUT2D eigenvalue weighted by Crippen LogP contribution is 2.34. The van der Waals surface area contributed by atoms with Crippen LogP contribution in [0.2, 0.25) is 0 Å². The van der Waals surface area contributed by atoms with Crippen molar-refractivity contribution in [1.29, 1.82) is 0 Å². The lowest BCUT2D eigenvalue weighted by Crippen LogP contribution is -2.56. The second kappa shape index (κ2) is 3.12. The zero-order valence-corrected chi connectivity index (χ0v) is 8.78. The van der Waals surface area contributed by atoms with Gasteiger partial charge in [0.05, 0.1) is 5.75 Å². The molecule has 0 spiro atoms. The molecule has 1 unspecified atom stereocenters. The van der Waals surface area contributed by atoms with E-state index in [9.17, 15) is 13.2 Å². The van der Waals surface area contributed by atoms with Gasteiger partial charge in [-0.1, -0.05) is 11.8 Å². The number of thioether (sulfide) groups is 1. The first-order valence-electron chi connectivity index (χ1n) is 3.39. The Kier molecular flexibility index (Phi) is 2.59. The van der Waals surface area contributed by atoms with Crippen LogP contribution in [-0.4, -0.2) is 48.0 Å². The Morgan fingerprint density at radius 2 is 2.15 bits per heavy atom. The van der Waals surface area contributed by atoms with E-state index in [-0.39, 0.29) is 5.75 Å². The van der Waals surface area contributed by atoms with Gasteiger partial charge in [-0.25, -0.2) is 0 Å². The van der Waals surface area contributed by atoms with Crippen molar-refractivity contribution in [2.45, 2.75) is 4.33 Å². The minimum atomic E-state index is -4.34. The van der Waals surface area contributed by atoms with Crippen molar-refractivity contribution in [3.63, 3.8) is 0 Å². The topological polar surface area (TPSA) is 86.7 Å². The fourth-order valence-electron chi connectivity index (χ4n) is 1.02. The maximum Gasteiger partial charge on any atom is 0.314 e. The largest absolute Gasteiger partial charge is 0.314 e. The normalized spacial score (nSPS) is 29.4. The molecule has 1 amide bonds. The number of carbonyl (C=O) groups excluding carboxylic acids is 1. The molecule has 1 saturated heterocycles. The number of rotatable bonds is 2. The molecule has 6 nitrogen and oxygen atoms in total. The van der Waals surface area contributed by atoms with Gasteiger partial charge in [0.2, 0.25) is 5.91 Å². The Morgan fingerprint density at radius 1 is 1.62 bits per heavy atom. The van der Waals surface area contributed by atoms with Crippen LogP contribution in [-0.2, 0) is 14.9 Å². The highest BCUT2D eigenvalue weighted by Gasteiger charge is 2.51. The second-order valence-corrected chi connectivity index (χ2v) is 5.76. The van der Waals surface area contributed by atoms with Crippen LogP contribution in [0, 0.1) is 0 Å². The number of nitrogens with zero attached hydrogens (tertiary/aromatic N) is 1. The average molecular weight is 226 g/mol. The summed E-state index contributed by atoms with van der Waals surface area (Å²) in [6.07, 6.45) is 0. The third-order valence-corrected chi connectivity index (χ3v) is 5.05. The summed E-state index contributed by atoms with van der Waals surface area (Å²) in [6.45, 7) is 0. The average Bonchev–Trinajstić information content (AvgIpc) is 2.30. The molecule has 0 aliphatic carbocycles. The van der Waals surface area contributed by atoms with E-state index >= 15 is 0 Å². The molecule has 0 bridgehead atoms. The Labute approximate surface area is 80.4 Å². The predicted octanol–water partition coefficient (Wildman–Crippen LogP) is -1.09. The standard InChI is InChI=1S/C5H10N2O4S2/c1-7(2)5(13(9,10)11)6-4(8)3-12-5/h3H2,1-2H3,(H,6,8)(H,9,10,11). The first-order chi connectivity index (χ1) is 5.79. The zero-order chi connectivity index (χ0) is 10.3. The van der Waals surface area contributed by atoms with Crippen molar-refractivity contribution in [3.05, 3.63) is 0 Å². The summed E-state index contributed by atoms with van der Waals surface area (Å²) in [5, 5.41) is 2.22. The molecule has 1 fully saturated rings. The lowest BCUT2D eigenvalue weighted by Gasteiger charge is -2.30. The number of amides is 1. The molecule has 1 aliphatic rings. The monoisotopic (exact) mass is 226 g/mol. The van der Waals surface area contributed by atoms with Crippen LogP contribution in [0.25, 0.3) is 0 Å². The smallest absolute Gasteiger partial charge is 0.314 e. The molecule has 1 atom stereocenters. The SMILES string of the molecule is CN(C)C1(S(=O)(=O)O)NC(=O)CS1. The van der Waals surface area contributed by atoms with Gasteiger partial charge in [0.1, 0.15) is 0 Å². The molecule has 2 N–H and O–H groups in total. The summed E-state index contributed by atoms with van der Waals surface area (Å²) >= 11 is 0.840. The van der Waals surface area contributed by atoms with Gasteiger partial charge in [-0.3, -0.25) is 14.2 Å². The molecule has 1 rings (SSSR count). The van der Waals surface area contributed by atoms with Crippen molar-refractivity contribution < 1.29 is 17.8 Å². The summed E-state index contributed by atoms with van der Waals surface area (Å²) in [6, 6.07) is 0. The highest BCUT2D eigenvalue weighted by atomic mass is 32.3. The molecule has 0 radical (unpaired) electrons. The van der Waals surface area contributed by atoms with Crippen LogP contribution in [0.5, 0.6) is 0 Å². The minimum absolute atomic E-state index is 0.0258. The fourth-order valence-corrected chi connectivity index (χ4v) is 3.34. The maximum absolute atomic E-state index is 11.0. The van der Waals surface area contributed by atoms with E-state index in [2.05, 4.69) is 5.32 Å². The third kappa shape index (κ3) is 1.66. The van der Waals surface area contributed by atoms with Gasteiger partial charge in [-0.05, 0) is 14.1 Å². The number of carbonyl (C=O) groups is 1. The number of nitrogens with one attached hydrogen (secondary N) is 1. The first-order valence-corrected chi connectivity index (χ1v) is 5.81.